The number of hydrogen-bond donors (Lipinski definition) is 8. The van der Waals surface area contributed by atoms with Gasteiger partial charge in [-0.3, -0.25) is 28.8 Å². The summed E-state index contributed by atoms with van der Waals surface area (Å²) in [4.78, 5) is 82.5. The predicted molar refractivity (Wildman–Crippen MR) is 120 cm³/mol. The summed E-state index contributed by atoms with van der Waals surface area (Å²) in [6, 6.07) is -5.69. The molecule has 0 aromatic heterocycles. The Labute approximate surface area is 199 Å². The molecule has 0 radical (unpaired) electrons. The molecular formula is C18H31N7O8S. The molecule has 0 aliphatic heterocycles. The summed E-state index contributed by atoms with van der Waals surface area (Å²) in [5.41, 5.74) is 21.0. The van der Waals surface area contributed by atoms with E-state index >= 15 is 0 Å². The van der Waals surface area contributed by atoms with Gasteiger partial charge in [-0.1, -0.05) is 0 Å². The number of aliphatic carboxylic acids is 1. The molecule has 0 heterocycles. The van der Waals surface area contributed by atoms with E-state index in [1.807, 2.05) is 11.6 Å². The maximum Gasteiger partial charge on any atom is 0.326 e. The molecule has 34 heavy (non-hydrogen) atoms. The maximum atomic E-state index is 12.8. The van der Waals surface area contributed by atoms with Crippen LogP contribution in [0.4, 0.5) is 0 Å². The largest absolute Gasteiger partial charge is 0.480 e. The van der Waals surface area contributed by atoms with Crippen molar-refractivity contribution >= 4 is 53.2 Å². The number of nitrogens with two attached hydrogens (primary N) is 4. The number of primary amides is 3. The maximum absolute atomic E-state index is 12.8. The SMILES string of the molecule is CSCCC(N)C(=O)NC(CCC(N)=O)C(=O)NC(CC(N)=O)C(=O)NC(CC(N)=O)C(=O)O. The Balaban J connectivity index is 5.56. The molecular weight excluding hydrogens is 474 g/mol. The molecule has 0 fully saturated rings. The molecule has 4 atom stereocenters. The third kappa shape index (κ3) is 12.6. The minimum Gasteiger partial charge on any atom is -0.480 e. The van der Waals surface area contributed by atoms with E-state index in [2.05, 4.69) is 10.6 Å². The van der Waals surface area contributed by atoms with Gasteiger partial charge in [-0.15, -0.1) is 0 Å². The fraction of sp³-hybridized carbons (Fsp3) is 0.611. The number of carbonyl (C=O) groups excluding carboxylic acids is 6. The summed E-state index contributed by atoms with van der Waals surface area (Å²) in [5, 5.41) is 15.7. The summed E-state index contributed by atoms with van der Waals surface area (Å²) in [6.07, 6.45) is 0.0986. The Morgan fingerprint density at radius 1 is 0.735 bits per heavy atom. The summed E-state index contributed by atoms with van der Waals surface area (Å²) >= 11 is 1.45. The number of hydrogen-bond acceptors (Lipinski definition) is 9. The number of carboxylic acid groups (broad SMARTS) is 1. The number of thioether (sulfide) groups is 1. The standard InChI is InChI=1S/C18H31N7O8S/c1-34-5-4-8(19)15(29)23-9(2-3-12(20)26)16(30)24-10(6-13(21)27)17(31)25-11(18(32)33)7-14(22)28/h8-11H,2-7,19H2,1H3,(H2,20,26)(H2,21,27)(H2,22,28)(H,23,29)(H,24,30)(H,25,31)(H,32,33). The lowest BCUT2D eigenvalue weighted by Crippen LogP contribution is -2.58. The monoisotopic (exact) mass is 505 g/mol. The summed E-state index contributed by atoms with van der Waals surface area (Å²) in [6.45, 7) is 0. The summed E-state index contributed by atoms with van der Waals surface area (Å²) < 4.78 is 0. The van der Waals surface area contributed by atoms with Crippen LogP contribution in [0.15, 0.2) is 0 Å². The highest BCUT2D eigenvalue weighted by molar-refractivity contribution is 7.98. The zero-order valence-electron chi connectivity index (χ0n) is 18.6. The van der Waals surface area contributed by atoms with Gasteiger partial charge >= 0.3 is 5.97 Å². The van der Waals surface area contributed by atoms with E-state index in [4.69, 9.17) is 28.0 Å². The van der Waals surface area contributed by atoms with Crippen LogP contribution in [-0.2, 0) is 33.6 Å². The fourth-order valence-electron chi connectivity index (χ4n) is 2.57. The van der Waals surface area contributed by atoms with Crippen molar-refractivity contribution in [2.45, 2.75) is 56.3 Å². The van der Waals surface area contributed by atoms with Crippen LogP contribution in [0.1, 0.15) is 32.1 Å². The van der Waals surface area contributed by atoms with Gasteiger partial charge in [0, 0.05) is 6.42 Å². The second-order valence-corrected chi connectivity index (χ2v) is 8.24. The predicted octanol–water partition coefficient (Wildman–Crippen LogP) is -4.38. The first-order chi connectivity index (χ1) is 15.8. The Bertz CT molecular complexity index is 794. The lowest BCUT2D eigenvalue weighted by atomic mass is 10.1. The quantitative estimate of drug-likeness (QED) is 0.0939. The van der Waals surface area contributed by atoms with E-state index in [0.717, 1.165) is 0 Å². The van der Waals surface area contributed by atoms with Gasteiger partial charge in [0.25, 0.3) is 0 Å². The lowest BCUT2D eigenvalue weighted by molar-refractivity contribution is -0.144. The number of carbonyl (C=O) groups is 7. The molecule has 0 saturated heterocycles. The van der Waals surface area contributed by atoms with Crippen molar-refractivity contribution in [2.75, 3.05) is 12.0 Å². The van der Waals surface area contributed by atoms with Crippen LogP contribution < -0.4 is 38.9 Å². The van der Waals surface area contributed by atoms with E-state index in [9.17, 15) is 33.6 Å². The molecule has 0 rings (SSSR count). The molecule has 0 aliphatic carbocycles. The first-order valence-electron chi connectivity index (χ1n) is 10.0. The van der Waals surface area contributed by atoms with Gasteiger partial charge in [-0.2, -0.15) is 11.8 Å². The lowest BCUT2D eigenvalue weighted by Gasteiger charge is -2.24. The Kier molecular flexibility index (Phi) is 13.9. The molecule has 16 heteroatoms. The molecule has 4 unspecified atom stereocenters. The minimum atomic E-state index is -1.72. The molecule has 12 N–H and O–H groups in total. The van der Waals surface area contributed by atoms with Crippen LogP contribution in [-0.4, -0.2) is 82.7 Å². The Hall–Kier alpha value is -3.40. The molecule has 6 amide bonds. The normalized spacial score (nSPS) is 14.1. The summed E-state index contributed by atoms with van der Waals surface area (Å²) in [5.74, 6) is -6.62. The van der Waals surface area contributed by atoms with Gasteiger partial charge in [0.15, 0.2) is 0 Å². The Morgan fingerprint density at radius 3 is 1.68 bits per heavy atom. The van der Waals surface area contributed by atoms with Crippen molar-refractivity contribution in [1.29, 1.82) is 0 Å². The number of amides is 6. The highest BCUT2D eigenvalue weighted by Gasteiger charge is 2.31. The van der Waals surface area contributed by atoms with Crippen molar-refractivity contribution in [2.24, 2.45) is 22.9 Å². The molecule has 0 bridgehead atoms. The molecule has 15 nitrogen and oxygen atoms in total. The second kappa shape index (κ2) is 15.4. The van der Waals surface area contributed by atoms with E-state index in [0.29, 0.717) is 12.2 Å². The third-order valence-corrected chi connectivity index (χ3v) is 4.98. The molecule has 0 aliphatic rings. The highest BCUT2D eigenvalue weighted by Crippen LogP contribution is 2.04. The minimum absolute atomic E-state index is 0.244. The average molecular weight is 506 g/mol. The van der Waals surface area contributed by atoms with Crippen molar-refractivity contribution < 1.29 is 38.7 Å². The van der Waals surface area contributed by atoms with Crippen LogP contribution in [0.5, 0.6) is 0 Å². The third-order valence-electron chi connectivity index (χ3n) is 4.34. The highest BCUT2D eigenvalue weighted by atomic mass is 32.2. The number of carboxylic acids is 1. The fourth-order valence-corrected chi connectivity index (χ4v) is 3.06. The number of rotatable bonds is 17. The molecule has 0 spiro atoms. The summed E-state index contributed by atoms with van der Waals surface area (Å²) in [7, 11) is 0. The van der Waals surface area contributed by atoms with Gasteiger partial charge in [0.2, 0.25) is 35.4 Å². The van der Waals surface area contributed by atoms with E-state index < -0.39 is 78.4 Å². The van der Waals surface area contributed by atoms with Gasteiger partial charge in [-0.25, -0.2) is 4.79 Å². The first-order valence-corrected chi connectivity index (χ1v) is 11.4. The van der Waals surface area contributed by atoms with E-state index in [1.54, 1.807) is 0 Å². The van der Waals surface area contributed by atoms with E-state index in [-0.39, 0.29) is 12.8 Å². The molecule has 192 valence electrons. The smallest absolute Gasteiger partial charge is 0.326 e. The Morgan fingerprint density at radius 2 is 1.21 bits per heavy atom. The van der Waals surface area contributed by atoms with Crippen molar-refractivity contribution in [1.82, 2.24) is 16.0 Å². The zero-order valence-corrected chi connectivity index (χ0v) is 19.4. The second-order valence-electron chi connectivity index (χ2n) is 7.26. The van der Waals surface area contributed by atoms with Gasteiger partial charge in [0.1, 0.15) is 18.1 Å². The average Bonchev–Trinajstić information content (AvgIpc) is 2.72. The first kappa shape index (κ1) is 30.6. The number of nitrogens with one attached hydrogen (secondary N) is 3. The van der Waals surface area contributed by atoms with Gasteiger partial charge in [0.05, 0.1) is 18.9 Å². The van der Waals surface area contributed by atoms with Gasteiger partial charge < -0.3 is 44.0 Å². The van der Waals surface area contributed by atoms with Crippen molar-refractivity contribution in [3.05, 3.63) is 0 Å². The molecule has 0 aromatic carbocycles. The van der Waals surface area contributed by atoms with Crippen LogP contribution in [0.2, 0.25) is 0 Å². The van der Waals surface area contributed by atoms with Crippen molar-refractivity contribution in [3.8, 4) is 0 Å². The van der Waals surface area contributed by atoms with Crippen LogP contribution >= 0.6 is 11.8 Å². The molecule has 0 saturated carbocycles. The van der Waals surface area contributed by atoms with Crippen LogP contribution in [0.3, 0.4) is 0 Å². The van der Waals surface area contributed by atoms with Crippen LogP contribution in [0.25, 0.3) is 0 Å². The van der Waals surface area contributed by atoms with Crippen molar-refractivity contribution in [3.63, 3.8) is 0 Å². The topological polar surface area (TPSA) is 280 Å². The molecule has 0 aromatic rings. The van der Waals surface area contributed by atoms with Crippen LogP contribution in [0, 0.1) is 0 Å². The van der Waals surface area contributed by atoms with Gasteiger partial charge in [-0.05, 0) is 24.9 Å². The van der Waals surface area contributed by atoms with E-state index in [1.165, 1.54) is 11.8 Å². The zero-order chi connectivity index (χ0) is 26.4.